The molecule has 0 bridgehead atoms. The van der Waals surface area contributed by atoms with Gasteiger partial charge in [0.2, 0.25) is 5.91 Å². The molecule has 0 aliphatic rings. The maximum atomic E-state index is 12.5. The largest absolute Gasteiger partial charge is 0.479 e. The van der Waals surface area contributed by atoms with Gasteiger partial charge in [-0.15, -0.1) is 0 Å². The van der Waals surface area contributed by atoms with Crippen LogP contribution in [0.2, 0.25) is 0 Å². The first kappa shape index (κ1) is 18.5. The number of hydrogen-bond acceptors (Lipinski definition) is 2. The highest BCUT2D eigenvalue weighted by Gasteiger charge is 2.30. The number of aryl methyl sites for hydroxylation is 1. The molecule has 2 N–H and O–H groups in total. The first-order valence-electron chi connectivity index (χ1n) is 7.41. The lowest BCUT2D eigenvalue weighted by molar-refractivity contribution is -0.142. The van der Waals surface area contributed by atoms with Crippen LogP contribution in [0.3, 0.4) is 0 Å². The number of carboxylic acids is 1. The van der Waals surface area contributed by atoms with Gasteiger partial charge in [-0.3, -0.25) is 4.79 Å². The van der Waals surface area contributed by atoms with Gasteiger partial charge in [0.25, 0.3) is 0 Å². The molecule has 0 unspecified atom stereocenters. The van der Waals surface area contributed by atoms with Crippen molar-refractivity contribution in [3.8, 4) is 0 Å². The van der Waals surface area contributed by atoms with Crippen molar-refractivity contribution in [2.75, 3.05) is 0 Å². The number of rotatable bonds is 5. The minimum absolute atomic E-state index is 0.215. The zero-order valence-electron chi connectivity index (χ0n) is 13.3. The smallest absolute Gasteiger partial charge is 0.416 e. The maximum Gasteiger partial charge on any atom is 0.416 e. The molecule has 4 nitrogen and oxygen atoms in total. The van der Waals surface area contributed by atoms with Crippen LogP contribution in [0.5, 0.6) is 0 Å². The first-order valence-corrected chi connectivity index (χ1v) is 7.41. The first-order chi connectivity index (χ1) is 11.7. The Kier molecular flexibility index (Phi) is 5.46. The lowest BCUT2D eigenvalue weighted by Crippen LogP contribution is -2.34. The molecule has 0 saturated carbocycles. The SMILES string of the molecule is Cc1cccc([C@H](NC(=O)Cc2ccc(C(F)(F)F)cc2)C(=O)O)c1. The monoisotopic (exact) mass is 351 g/mol. The zero-order valence-corrected chi connectivity index (χ0v) is 13.3. The average molecular weight is 351 g/mol. The summed E-state index contributed by atoms with van der Waals surface area (Å²) < 4.78 is 37.6. The molecule has 0 aromatic heterocycles. The Labute approximate surface area is 142 Å². The minimum Gasteiger partial charge on any atom is -0.479 e. The van der Waals surface area contributed by atoms with Gasteiger partial charge >= 0.3 is 12.1 Å². The second kappa shape index (κ2) is 7.38. The standard InChI is InChI=1S/C18H16F3NO3/c1-11-3-2-4-13(9-11)16(17(24)25)22-15(23)10-12-5-7-14(8-6-12)18(19,20)21/h2-9,16H,10H2,1H3,(H,22,23)(H,24,25)/t16-/m0/s1. The molecule has 2 rings (SSSR count). The molecule has 132 valence electrons. The predicted octanol–water partition coefficient (Wildman–Crippen LogP) is 3.50. The van der Waals surface area contributed by atoms with E-state index in [2.05, 4.69) is 5.32 Å². The number of nitrogens with one attached hydrogen (secondary N) is 1. The fraction of sp³-hybridized carbons (Fsp3) is 0.222. The Bertz CT molecular complexity index is 770. The number of carbonyl (C=O) groups is 2. The normalized spacial score (nSPS) is 12.5. The summed E-state index contributed by atoms with van der Waals surface area (Å²) in [4.78, 5) is 23.5. The second-order valence-electron chi connectivity index (χ2n) is 5.62. The van der Waals surface area contributed by atoms with E-state index in [0.29, 0.717) is 11.1 Å². The molecule has 2 aromatic carbocycles. The van der Waals surface area contributed by atoms with Crippen LogP contribution in [0.25, 0.3) is 0 Å². The van der Waals surface area contributed by atoms with Gasteiger partial charge in [0.1, 0.15) is 0 Å². The van der Waals surface area contributed by atoms with Crippen LogP contribution in [0.15, 0.2) is 48.5 Å². The summed E-state index contributed by atoms with van der Waals surface area (Å²) in [7, 11) is 0. The number of hydrogen-bond donors (Lipinski definition) is 2. The Morgan fingerprint density at radius 1 is 1.12 bits per heavy atom. The number of carbonyl (C=O) groups excluding carboxylic acids is 1. The lowest BCUT2D eigenvalue weighted by atomic mass is 10.0. The quantitative estimate of drug-likeness (QED) is 0.866. The number of aliphatic carboxylic acids is 1. The van der Waals surface area contributed by atoms with Crippen molar-refractivity contribution < 1.29 is 27.9 Å². The fourth-order valence-electron chi connectivity index (χ4n) is 2.35. The van der Waals surface area contributed by atoms with E-state index in [0.717, 1.165) is 17.7 Å². The average Bonchev–Trinajstić information content (AvgIpc) is 2.52. The number of halogens is 3. The molecule has 25 heavy (non-hydrogen) atoms. The van der Waals surface area contributed by atoms with Crippen molar-refractivity contribution >= 4 is 11.9 Å². The van der Waals surface area contributed by atoms with Crippen LogP contribution < -0.4 is 5.32 Å². The fourth-order valence-corrected chi connectivity index (χ4v) is 2.35. The van der Waals surface area contributed by atoms with E-state index in [-0.39, 0.29) is 6.42 Å². The van der Waals surface area contributed by atoms with Gasteiger partial charge in [-0.05, 0) is 30.2 Å². The molecule has 0 aliphatic carbocycles. The third-order valence-electron chi connectivity index (χ3n) is 3.57. The summed E-state index contributed by atoms with van der Waals surface area (Å²) >= 11 is 0. The van der Waals surface area contributed by atoms with E-state index >= 15 is 0 Å². The van der Waals surface area contributed by atoms with E-state index in [1.807, 2.05) is 0 Å². The molecule has 0 saturated heterocycles. The summed E-state index contributed by atoms with van der Waals surface area (Å²) in [5.41, 5.74) is 0.827. The van der Waals surface area contributed by atoms with Gasteiger partial charge in [0.15, 0.2) is 6.04 Å². The molecular formula is C18H16F3NO3. The highest BCUT2D eigenvalue weighted by atomic mass is 19.4. The number of alkyl halides is 3. The van der Waals surface area contributed by atoms with Crippen LogP contribution in [0, 0.1) is 6.92 Å². The van der Waals surface area contributed by atoms with Crippen LogP contribution >= 0.6 is 0 Å². The van der Waals surface area contributed by atoms with Gasteiger partial charge in [0, 0.05) is 0 Å². The van der Waals surface area contributed by atoms with Crippen molar-refractivity contribution in [3.05, 3.63) is 70.8 Å². The van der Waals surface area contributed by atoms with Crippen molar-refractivity contribution in [3.63, 3.8) is 0 Å². The highest BCUT2D eigenvalue weighted by Crippen LogP contribution is 2.29. The van der Waals surface area contributed by atoms with Gasteiger partial charge in [-0.25, -0.2) is 4.79 Å². The Hall–Kier alpha value is -2.83. The number of benzene rings is 2. The molecule has 0 spiro atoms. The maximum absolute atomic E-state index is 12.5. The summed E-state index contributed by atoms with van der Waals surface area (Å²) in [6.07, 6.45) is -4.66. The van der Waals surface area contributed by atoms with Gasteiger partial charge in [-0.1, -0.05) is 42.0 Å². The molecule has 0 radical (unpaired) electrons. The van der Waals surface area contributed by atoms with Gasteiger partial charge in [-0.2, -0.15) is 13.2 Å². The zero-order chi connectivity index (χ0) is 18.6. The van der Waals surface area contributed by atoms with E-state index in [1.54, 1.807) is 31.2 Å². The van der Waals surface area contributed by atoms with Gasteiger partial charge in [0.05, 0.1) is 12.0 Å². The van der Waals surface area contributed by atoms with Crippen molar-refractivity contribution in [1.29, 1.82) is 0 Å². The topological polar surface area (TPSA) is 66.4 Å². The second-order valence-corrected chi connectivity index (χ2v) is 5.62. The molecule has 0 aliphatic heterocycles. The molecule has 2 aromatic rings. The van der Waals surface area contributed by atoms with Crippen molar-refractivity contribution in [2.24, 2.45) is 0 Å². The lowest BCUT2D eigenvalue weighted by Gasteiger charge is -2.15. The van der Waals surface area contributed by atoms with Crippen LogP contribution in [-0.2, 0) is 22.2 Å². The van der Waals surface area contributed by atoms with Crippen LogP contribution in [0.4, 0.5) is 13.2 Å². The van der Waals surface area contributed by atoms with Crippen molar-refractivity contribution in [2.45, 2.75) is 25.6 Å². The third kappa shape index (κ3) is 5.07. The molecule has 7 heteroatoms. The van der Waals surface area contributed by atoms with E-state index in [1.165, 1.54) is 12.1 Å². The number of amides is 1. The summed E-state index contributed by atoms with van der Waals surface area (Å²) in [6.45, 7) is 1.80. The molecule has 0 heterocycles. The van der Waals surface area contributed by atoms with E-state index < -0.39 is 29.7 Å². The number of carboxylic acid groups (broad SMARTS) is 1. The Morgan fingerprint density at radius 3 is 2.28 bits per heavy atom. The van der Waals surface area contributed by atoms with Crippen LogP contribution in [0.1, 0.15) is 28.3 Å². The summed E-state index contributed by atoms with van der Waals surface area (Å²) in [6, 6.07) is 9.67. The molecule has 1 atom stereocenters. The summed E-state index contributed by atoms with van der Waals surface area (Å²) in [5.74, 6) is -1.81. The minimum atomic E-state index is -4.44. The molecular weight excluding hydrogens is 335 g/mol. The summed E-state index contributed by atoms with van der Waals surface area (Å²) in [5, 5.41) is 11.7. The highest BCUT2D eigenvalue weighted by molar-refractivity contribution is 5.85. The molecule has 0 fully saturated rings. The van der Waals surface area contributed by atoms with Gasteiger partial charge < -0.3 is 10.4 Å². The van der Waals surface area contributed by atoms with E-state index in [9.17, 15) is 27.9 Å². The van der Waals surface area contributed by atoms with Crippen LogP contribution in [-0.4, -0.2) is 17.0 Å². The van der Waals surface area contributed by atoms with E-state index in [4.69, 9.17) is 0 Å². The Balaban J connectivity index is 2.08. The molecule has 1 amide bonds. The van der Waals surface area contributed by atoms with Crippen molar-refractivity contribution in [1.82, 2.24) is 5.32 Å². The third-order valence-corrected chi connectivity index (χ3v) is 3.57. The Morgan fingerprint density at radius 2 is 1.76 bits per heavy atom. The predicted molar refractivity (Wildman–Crippen MR) is 84.8 cm³/mol.